The maximum absolute atomic E-state index is 12.9. The molecule has 2 aliphatic heterocycles. The van der Waals surface area contributed by atoms with Crippen LogP contribution in [0.15, 0.2) is 18.6 Å². The maximum Gasteiger partial charge on any atom is 0.282 e. The van der Waals surface area contributed by atoms with Gasteiger partial charge in [-0.05, 0) is 25.3 Å². The van der Waals surface area contributed by atoms with E-state index < -0.39 is 10.2 Å². The lowest BCUT2D eigenvalue weighted by Gasteiger charge is -2.31. The summed E-state index contributed by atoms with van der Waals surface area (Å²) in [6.07, 6.45) is 7.24. The number of hydrogen-bond acceptors (Lipinski definition) is 5. The molecule has 9 heteroatoms. The van der Waals surface area contributed by atoms with E-state index in [0.717, 1.165) is 42.5 Å². The van der Waals surface area contributed by atoms with Crippen LogP contribution >= 0.6 is 0 Å². The highest BCUT2D eigenvalue weighted by molar-refractivity contribution is 7.86. The van der Waals surface area contributed by atoms with E-state index in [0.29, 0.717) is 26.2 Å². The Hall–Kier alpha value is -1.71. The van der Waals surface area contributed by atoms with E-state index in [-0.39, 0.29) is 6.04 Å². The number of piperidine rings is 1. The zero-order chi connectivity index (χ0) is 17.4. The Morgan fingerprint density at radius 1 is 1.16 bits per heavy atom. The number of aromatic amines is 1. The third-order valence-electron chi connectivity index (χ3n) is 5.31. The Kier molecular flexibility index (Phi) is 4.38. The molecule has 0 saturated carbocycles. The van der Waals surface area contributed by atoms with E-state index in [2.05, 4.69) is 19.9 Å². The highest BCUT2D eigenvalue weighted by atomic mass is 32.2. The van der Waals surface area contributed by atoms with Gasteiger partial charge in [0.05, 0.1) is 5.39 Å². The molecule has 0 radical (unpaired) electrons. The standard InChI is InChI=1S/C16H24N6O2S/c1-20(16-14-5-7-17-15(14)18-12-19-16)13-6-10-22(11-13)25(23,24)21-8-3-2-4-9-21/h5,7,12-13H,2-4,6,8-11H2,1H3,(H,17,18,19)/t13-/m1/s1. The van der Waals surface area contributed by atoms with Gasteiger partial charge in [0, 0.05) is 45.5 Å². The molecule has 25 heavy (non-hydrogen) atoms. The molecule has 2 saturated heterocycles. The van der Waals surface area contributed by atoms with Crippen molar-refractivity contribution in [2.24, 2.45) is 0 Å². The normalized spacial score (nSPS) is 23.3. The van der Waals surface area contributed by atoms with Gasteiger partial charge in [0.25, 0.3) is 10.2 Å². The first-order valence-corrected chi connectivity index (χ1v) is 10.2. The molecular formula is C16H24N6O2S. The number of anilines is 1. The average Bonchev–Trinajstić information content (AvgIpc) is 3.31. The van der Waals surface area contributed by atoms with Crippen molar-refractivity contribution in [3.63, 3.8) is 0 Å². The minimum Gasteiger partial charge on any atom is -0.355 e. The molecule has 0 amide bonds. The Morgan fingerprint density at radius 3 is 2.76 bits per heavy atom. The smallest absolute Gasteiger partial charge is 0.282 e. The maximum atomic E-state index is 12.9. The molecule has 0 aromatic carbocycles. The second-order valence-corrected chi connectivity index (χ2v) is 8.74. The Bertz CT molecular complexity index is 845. The quantitative estimate of drug-likeness (QED) is 0.881. The van der Waals surface area contributed by atoms with Gasteiger partial charge in [0.1, 0.15) is 17.8 Å². The van der Waals surface area contributed by atoms with E-state index in [4.69, 9.17) is 0 Å². The number of nitrogens with one attached hydrogen (secondary N) is 1. The lowest BCUT2D eigenvalue weighted by atomic mass is 10.2. The zero-order valence-electron chi connectivity index (χ0n) is 14.4. The summed E-state index contributed by atoms with van der Waals surface area (Å²) in [6, 6.07) is 2.07. The predicted octanol–water partition coefficient (Wildman–Crippen LogP) is 1.20. The summed E-state index contributed by atoms with van der Waals surface area (Å²) in [7, 11) is -1.36. The van der Waals surface area contributed by atoms with Gasteiger partial charge in [0.2, 0.25) is 0 Å². The molecule has 8 nitrogen and oxygen atoms in total. The van der Waals surface area contributed by atoms with Gasteiger partial charge in [-0.1, -0.05) is 6.42 Å². The predicted molar refractivity (Wildman–Crippen MR) is 96.6 cm³/mol. The molecule has 2 aromatic rings. The van der Waals surface area contributed by atoms with Gasteiger partial charge in [-0.2, -0.15) is 17.0 Å². The van der Waals surface area contributed by atoms with Gasteiger partial charge in [-0.3, -0.25) is 0 Å². The number of hydrogen-bond donors (Lipinski definition) is 1. The van der Waals surface area contributed by atoms with Crippen LogP contribution in [0.2, 0.25) is 0 Å². The van der Waals surface area contributed by atoms with E-state index in [1.165, 1.54) is 0 Å². The molecule has 2 aromatic heterocycles. The molecular weight excluding hydrogens is 340 g/mol. The molecule has 1 atom stereocenters. The summed E-state index contributed by atoms with van der Waals surface area (Å²) >= 11 is 0. The van der Waals surface area contributed by atoms with Gasteiger partial charge in [-0.15, -0.1) is 0 Å². The Balaban J connectivity index is 1.51. The van der Waals surface area contributed by atoms with Crippen molar-refractivity contribution in [1.29, 1.82) is 0 Å². The number of aromatic nitrogens is 3. The molecule has 2 fully saturated rings. The fourth-order valence-electron chi connectivity index (χ4n) is 3.81. The number of rotatable bonds is 4. The molecule has 1 N–H and O–H groups in total. The van der Waals surface area contributed by atoms with E-state index >= 15 is 0 Å². The van der Waals surface area contributed by atoms with Crippen molar-refractivity contribution in [3.8, 4) is 0 Å². The lowest BCUT2D eigenvalue weighted by Crippen LogP contribution is -2.46. The number of nitrogens with zero attached hydrogens (tertiary/aromatic N) is 5. The molecule has 4 heterocycles. The largest absolute Gasteiger partial charge is 0.355 e. The van der Waals surface area contributed by atoms with Crippen LogP contribution in [0.5, 0.6) is 0 Å². The van der Waals surface area contributed by atoms with Gasteiger partial charge in [-0.25, -0.2) is 9.97 Å². The third-order valence-corrected chi connectivity index (χ3v) is 7.31. The van der Waals surface area contributed by atoms with Crippen molar-refractivity contribution in [2.45, 2.75) is 31.7 Å². The number of H-pyrrole nitrogens is 1. The van der Waals surface area contributed by atoms with Crippen molar-refractivity contribution in [1.82, 2.24) is 23.6 Å². The van der Waals surface area contributed by atoms with Gasteiger partial charge >= 0.3 is 0 Å². The summed E-state index contributed by atoms with van der Waals surface area (Å²) in [5.41, 5.74) is 0.799. The van der Waals surface area contributed by atoms with Crippen LogP contribution in [-0.4, -0.2) is 71.2 Å². The van der Waals surface area contributed by atoms with Crippen LogP contribution in [0, 0.1) is 0 Å². The second-order valence-electron chi connectivity index (χ2n) is 6.82. The molecule has 2 aliphatic rings. The summed E-state index contributed by atoms with van der Waals surface area (Å²) in [5.74, 6) is 0.841. The molecule has 136 valence electrons. The first kappa shape index (κ1) is 16.7. The first-order valence-electron chi connectivity index (χ1n) is 8.83. The minimum atomic E-state index is -3.34. The van der Waals surface area contributed by atoms with Crippen LogP contribution < -0.4 is 4.90 Å². The fraction of sp³-hybridized carbons (Fsp3) is 0.625. The van der Waals surface area contributed by atoms with Crippen LogP contribution in [0.1, 0.15) is 25.7 Å². The van der Waals surface area contributed by atoms with E-state index in [9.17, 15) is 8.42 Å². The highest BCUT2D eigenvalue weighted by Gasteiger charge is 2.37. The summed E-state index contributed by atoms with van der Waals surface area (Å²) in [4.78, 5) is 13.8. The zero-order valence-corrected chi connectivity index (χ0v) is 15.2. The average molecular weight is 364 g/mol. The van der Waals surface area contributed by atoms with Crippen molar-refractivity contribution >= 4 is 27.1 Å². The summed E-state index contributed by atoms with van der Waals surface area (Å²) in [6.45, 7) is 2.37. The summed E-state index contributed by atoms with van der Waals surface area (Å²) < 4.78 is 29.0. The SMILES string of the molecule is CN(c1ncnc2[nH]ccc12)[C@@H]1CCN(S(=O)(=O)N2CCCCC2)C1. The molecule has 0 spiro atoms. The fourth-order valence-corrected chi connectivity index (χ4v) is 5.55. The van der Waals surface area contributed by atoms with Crippen LogP contribution in [0.25, 0.3) is 11.0 Å². The Morgan fingerprint density at radius 2 is 1.96 bits per heavy atom. The number of likely N-dealkylation sites (N-methyl/N-ethyl adjacent to an activating group) is 1. The van der Waals surface area contributed by atoms with E-state index in [1.54, 1.807) is 14.9 Å². The van der Waals surface area contributed by atoms with Crippen LogP contribution in [0.3, 0.4) is 0 Å². The second kappa shape index (κ2) is 6.54. The lowest BCUT2D eigenvalue weighted by molar-refractivity contribution is 0.315. The highest BCUT2D eigenvalue weighted by Crippen LogP contribution is 2.28. The van der Waals surface area contributed by atoms with Gasteiger partial charge < -0.3 is 9.88 Å². The minimum absolute atomic E-state index is 0.118. The van der Waals surface area contributed by atoms with E-state index in [1.807, 2.05) is 19.3 Å². The topological polar surface area (TPSA) is 85.4 Å². The Labute approximate surface area is 148 Å². The van der Waals surface area contributed by atoms with Crippen molar-refractivity contribution in [3.05, 3.63) is 18.6 Å². The molecule has 0 unspecified atom stereocenters. The first-order chi connectivity index (χ1) is 12.1. The van der Waals surface area contributed by atoms with Crippen molar-refractivity contribution in [2.75, 3.05) is 38.1 Å². The monoisotopic (exact) mass is 364 g/mol. The van der Waals surface area contributed by atoms with Crippen LogP contribution in [0.4, 0.5) is 5.82 Å². The third kappa shape index (κ3) is 3.00. The van der Waals surface area contributed by atoms with Crippen molar-refractivity contribution < 1.29 is 8.42 Å². The summed E-state index contributed by atoms with van der Waals surface area (Å²) in [5, 5.41) is 0.960. The molecule has 0 bridgehead atoms. The molecule has 0 aliphatic carbocycles. The van der Waals surface area contributed by atoms with Gasteiger partial charge in [0.15, 0.2) is 0 Å². The van der Waals surface area contributed by atoms with Crippen LogP contribution in [-0.2, 0) is 10.2 Å². The number of fused-ring (bicyclic) bond motifs is 1. The molecule has 4 rings (SSSR count).